The maximum atomic E-state index is 12.0. The van der Waals surface area contributed by atoms with Crippen LogP contribution in [0.25, 0.3) is 0 Å². The number of aromatic nitrogens is 1. The molecule has 0 fully saturated rings. The number of nitrogen functional groups attached to an aromatic ring is 1. The fourth-order valence-corrected chi connectivity index (χ4v) is 1.66. The zero-order valence-corrected chi connectivity index (χ0v) is 10.4. The van der Waals surface area contributed by atoms with Crippen LogP contribution in [0, 0.1) is 6.92 Å². The third kappa shape index (κ3) is 2.51. The van der Waals surface area contributed by atoms with Crippen LogP contribution in [-0.4, -0.2) is 23.0 Å². The summed E-state index contributed by atoms with van der Waals surface area (Å²) in [5, 5.41) is 3.70. The van der Waals surface area contributed by atoms with Crippen molar-refractivity contribution in [1.82, 2.24) is 10.1 Å². The van der Waals surface area contributed by atoms with Gasteiger partial charge in [-0.15, -0.1) is 0 Å². The van der Waals surface area contributed by atoms with Crippen LogP contribution < -0.4 is 5.73 Å². The lowest BCUT2D eigenvalue weighted by atomic mass is 10.1. The van der Waals surface area contributed by atoms with Crippen LogP contribution >= 0.6 is 0 Å². The standard InChI is InChI=1S/C13H15N3O2/c1-9-7-12(18-15-9)13(17)16(2)8-10-5-3-4-6-11(10)14/h3-7H,8,14H2,1-2H3. The van der Waals surface area contributed by atoms with E-state index in [0.717, 1.165) is 5.56 Å². The SMILES string of the molecule is Cc1cc(C(=O)N(C)Cc2ccccc2N)on1. The van der Waals surface area contributed by atoms with Gasteiger partial charge >= 0.3 is 0 Å². The number of amides is 1. The van der Waals surface area contributed by atoms with Crippen molar-refractivity contribution in [3.05, 3.63) is 47.3 Å². The zero-order chi connectivity index (χ0) is 13.1. The van der Waals surface area contributed by atoms with E-state index in [1.807, 2.05) is 24.3 Å². The number of nitrogens with two attached hydrogens (primary N) is 1. The van der Waals surface area contributed by atoms with E-state index in [2.05, 4.69) is 5.16 Å². The molecule has 1 heterocycles. The monoisotopic (exact) mass is 245 g/mol. The smallest absolute Gasteiger partial charge is 0.292 e. The van der Waals surface area contributed by atoms with Crippen LogP contribution in [0.1, 0.15) is 21.8 Å². The number of carbonyl (C=O) groups excluding carboxylic acids is 1. The first-order valence-electron chi connectivity index (χ1n) is 5.60. The molecule has 5 heteroatoms. The number of para-hydroxylation sites is 1. The number of hydrogen-bond acceptors (Lipinski definition) is 4. The van der Waals surface area contributed by atoms with Gasteiger partial charge in [-0.2, -0.15) is 0 Å². The van der Waals surface area contributed by atoms with E-state index in [9.17, 15) is 4.79 Å². The number of nitrogens with zero attached hydrogens (tertiary/aromatic N) is 2. The summed E-state index contributed by atoms with van der Waals surface area (Å²) in [7, 11) is 1.70. The molecule has 0 radical (unpaired) electrons. The Hall–Kier alpha value is -2.30. The number of hydrogen-bond donors (Lipinski definition) is 1. The number of benzene rings is 1. The van der Waals surface area contributed by atoms with Crippen molar-refractivity contribution in [3.8, 4) is 0 Å². The number of anilines is 1. The van der Waals surface area contributed by atoms with Gasteiger partial charge in [0.2, 0.25) is 5.76 Å². The maximum absolute atomic E-state index is 12.0. The Bertz CT molecular complexity index is 563. The summed E-state index contributed by atoms with van der Waals surface area (Å²) in [6.45, 7) is 2.21. The fourth-order valence-electron chi connectivity index (χ4n) is 1.66. The summed E-state index contributed by atoms with van der Waals surface area (Å²) in [6, 6.07) is 9.08. The van der Waals surface area contributed by atoms with Gasteiger partial charge in [-0.1, -0.05) is 23.4 Å². The van der Waals surface area contributed by atoms with E-state index < -0.39 is 0 Å². The van der Waals surface area contributed by atoms with Gasteiger partial charge in [0.15, 0.2) is 0 Å². The van der Waals surface area contributed by atoms with Gasteiger partial charge in [-0.3, -0.25) is 4.79 Å². The minimum Gasteiger partial charge on any atom is -0.398 e. The lowest BCUT2D eigenvalue weighted by Gasteiger charge is -2.16. The van der Waals surface area contributed by atoms with Crippen molar-refractivity contribution in [1.29, 1.82) is 0 Å². The Morgan fingerprint density at radius 2 is 2.17 bits per heavy atom. The van der Waals surface area contributed by atoms with E-state index in [-0.39, 0.29) is 11.7 Å². The molecule has 2 aromatic rings. The van der Waals surface area contributed by atoms with Crippen LogP contribution in [0.4, 0.5) is 5.69 Å². The first-order chi connectivity index (χ1) is 8.58. The fraction of sp³-hybridized carbons (Fsp3) is 0.231. The highest BCUT2D eigenvalue weighted by molar-refractivity contribution is 5.91. The summed E-state index contributed by atoms with van der Waals surface area (Å²) in [5.74, 6) is 0.0309. The van der Waals surface area contributed by atoms with Crippen molar-refractivity contribution in [3.63, 3.8) is 0 Å². The normalized spacial score (nSPS) is 10.3. The molecule has 0 saturated carbocycles. The van der Waals surface area contributed by atoms with E-state index in [4.69, 9.17) is 10.3 Å². The van der Waals surface area contributed by atoms with Crippen molar-refractivity contribution in [2.45, 2.75) is 13.5 Å². The molecular weight excluding hydrogens is 230 g/mol. The predicted molar refractivity (Wildman–Crippen MR) is 67.9 cm³/mol. The molecule has 0 unspecified atom stereocenters. The predicted octanol–water partition coefficient (Wildman–Crippen LogP) is 1.84. The summed E-state index contributed by atoms with van der Waals surface area (Å²) >= 11 is 0. The molecule has 1 aromatic carbocycles. The Morgan fingerprint density at radius 3 is 2.78 bits per heavy atom. The van der Waals surface area contributed by atoms with Crippen LogP contribution in [0.2, 0.25) is 0 Å². The molecule has 0 aliphatic carbocycles. The second kappa shape index (κ2) is 4.91. The van der Waals surface area contributed by atoms with Crippen LogP contribution in [0.5, 0.6) is 0 Å². The van der Waals surface area contributed by atoms with Gasteiger partial charge < -0.3 is 15.2 Å². The van der Waals surface area contributed by atoms with Crippen molar-refractivity contribution < 1.29 is 9.32 Å². The topological polar surface area (TPSA) is 72.4 Å². The molecule has 1 aromatic heterocycles. The molecule has 0 spiro atoms. The summed E-state index contributed by atoms with van der Waals surface area (Å²) in [4.78, 5) is 13.6. The van der Waals surface area contributed by atoms with Crippen molar-refractivity contribution >= 4 is 11.6 Å². The summed E-state index contributed by atoms with van der Waals surface area (Å²) in [5.41, 5.74) is 8.10. The van der Waals surface area contributed by atoms with E-state index in [1.165, 1.54) is 0 Å². The molecule has 0 saturated heterocycles. The molecule has 0 atom stereocenters. The molecule has 0 aliphatic heterocycles. The number of rotatable bonds is 3. The average molecular weight is 245 g/mol. The van der Waals surface area contributed by atoms with Gasteiger partial charge in [0.25, 0.3) is 5.91 Å². The quantitative estimate of drug-likeness (QED) is 0.837. The van der Waals surface area contributed by atoms with E-state index in [1.54, 1.807) is 24.9 Å². The van der Waals surface area contributed by atoms with Crippen molar-refractivity contribution in [2.24, 2.45) is 0 Å². The second-order valence-electron chi connectivity index (χ2n) is 4.19. The number of carbonyl (C=O) groups is 1. The lowest BCUT2D eigenvalue weighted by molar-refractivity contribution is 0.0744. The molecule has 5 nitrogen and oxygen atoms in total. The Balaban J connectivity index is 2.11. The highest BCUT2D eigenvalue weighted by Crippen LogP contribution is 2.14. The van der Waals surface area contributed by atoms with E-state index in [0.29, 0.717) is 17.9 Å². The second-order valence-corrected chi connectivity index (χ2v) is 4.19. The van der Waals surface area contributed by atoms with Gasteiger partial charge in [0.05, 0.1) is 5.69 Å². The minimum atomic E-state index is -0.209. The summed E-state index contributed by atoms with van der Waals surface area (Å²) < 4.78 is 4.94. The van der Waals surface area contributed by atoms with Gasteiger partial charge in [0, 0.05) is 25.3 Å². The highest BCUT2D eigenvalue weighted by Gasteiger charge is 2.17. The molecule has 0 bridgehead atoms. The zero-order valence-electron chi connectivity index (χ0n) is 10.4. The van der Waals surface area contributed by atoms with Crippen LogP contribution in [0.3, 0.4) is 0 Å². The third-order valence-corrected chi connectivity index (χ3v) is 2.65. The van der Waals surface area contributed by atoms with Gasteiger partial charge in [-0.25, -0.2) is 0 Å². The average Bonchev–Trinajstić information content (AvgIpc) is 2.78. The van der Waals surface area contributed by atoms with Crippen LogP contribution in [-0.2, 0) is 6.54 Å². The van der Waals surface area contributed by atoms with Gasteiger partial charge in [-0.05, 0) is 18.6 Å². The third-order valence-electron chi connectivity index (χ3n) is 2.65. The Labute approximate surface area is 105 Å². The van der Waals surface area contributed by atoms with E-state index >= 15 is 0 Å². The molecule has 94 valence electrons. The van der Waals surface area contributed by atoms with Gasteiger partial charge in [0.1, 0.15) is 0 Å². The molecular formula is C13H15N3O2. The maximum Gasteiger partial charge on any atom is 0.292 e. The molecule has 1 amide bonds. The summed E-state index contributed by atoms with van der Waals surface area (Å²) in [6.07, 6.45) is 0. The highest BCUT2D eigenvalue weighted by atomic mass is 16.5. The largest absolute Gasteiger partial charge is 0.398 e. The molecule has 2 rings (SSSR count). The lowest BCUT2D eigenvalue weighted by Crippen LogP contribution is -2.26. The Kier molecular flexibility index (Phi) is 3.32. The molecule has 0 aliphatic rings. The van der Waals surface area contributed by atoms with Crippen LogP contribution in [0.15, 0.2) is 34.9 Å². The molecule has 2 N–H and O–H groups in total. The molecule has 18 heavy (non-hydrogen) atoms. The number of aryl methyl sites for hydroxylation is 1. The van der Waals surface area contributed by atoms with Crippen molar-refractivity contribution in [2.75, 3.05) is 12.8 Å². The Morgan fingerprint density at radius 1 is 1.44 bits per heavy atom. The minimum absolute atomic E-state index is 0.209. The first-order valence-corrected chi connectivity index (χ1v) is 5.60. The first kappa shape index (κ1) is 12.2.